The summed E-state index contributed by atoms with van der Waals surface area (Å²) in [5, 5.41) is 18.0. The van der Waals surface area contributed by atoms with Gasteiger partial charge >= 0.3 is 5.97 Å². The van der Waals surface area contributed by atoms with E-state index >= 15 is 0 Å². The monoisotopic (exact) mass is 411 g/mol. The van der Waals surface area contributed by atoms with Crippen molar-refractivity contribution in [2.75, 3.05) is 5.32 Å². The summed E-state index contributed by atoms with van der Waals surface area (Å²) in [6, 6.07) is 2.70. The highest BCUT2D eigenvalue weighted by atomic mass is 19.1. The molecule has 3 aliphatic carbocycles. The van der Waals surface area contributed by atoms with Gasteiger partial charge in [-0.1, -0.05) is 0 Å². The van der Waals surface area contributed by atoms with E-state index in [0.29, 0.717) is 28.0 Å². The number of H-pyrrole nitrogens is 1. The predicted molar refractivity (Wildman–Crippen MR) is 109 cm³/mol. The fourth-order valence-electron chi connectivity index (χ4n) is 5.23. The van der Waals surface area contributed by atoms with Crippen molar-refractivity contribution in [2.24, 2.45) is 24.8 Å². The number of hydrogen-bond acceptors (Lipinski definition) is 5. The van der Waals surface area contributed by atoms with E-state index in [1.807, 2.05) is 0 Å². The minimum Gasteiger partial charge on any atom is -0.481 e. The van der Waals surface area contributed by atoms with Crippen LogP contribution in [0.4, 0.5) is 10.1 Å². The topological polar surface area (TPSA) is 113 Å². The molecule has 3 aromatic heterocycles. The third-order valence-electron chi connectivity index (χ3n) is 6.66. The van der Waals surface area contributed by atoms with Crippen molar-refractivity contribution >= 4 is 22.7 Å². The number of rotatable bonds is 4. The van der Waals surface area contributed by atoms with Gasteiger partial charge in [0.15, 0.2) is 0 Å². The highest BCUT2D eigenvalue weighted by Crippen LogP contribution is 2.46. The van der Waals surface area contributed by atoms with Crippen LogP contribution in [0.2, 0.25) is 0 Å². The van der Waals surface area contributed by atoms with E-state index in [2.05, 4.69) is 20.4 Å². The fraction of sp³-hybridized carbons (Fsp3) is 0.429. The zero-order chi connectivity index (χ0) is 21.0. The molecule has 0 aliphatic heterocycles. The van der Waals surface area contributed by atoms with Crippen molar-refractivity contribution < 1.29 is 14.3 Å². The maximum atomic E-state index is 13.7. The molecule has 156 valence electrons. The number of pyridine rings is 1. The van der Waals surface area contributed by atoms with Crippen molar-refractivity contribution in [3.63, 3.8) is 0 Å². The minimum atomic E-state index is -0.814. The Balaban J connectivity index is 1.56. The molecule has 0 saturated heterocycles. The number of hydrogen-bond donors (Lipinski definition) is 3. The first-order valence-electron chi connectivity index (χ1n) is 10.1. The Morgan fingerprint density at radius 1 is 1.27 bits per heavy atom. The number of aryl methyl sites for hydroxylation is 1. The van der Waals surface area contributed by atoms with Gasteiger partial charge in [-0.15, -0.1) is 0 Å². The number of nitrogens with one attached hydrogen (secondary N) is 2. The van der Waals surface area contributed by atoms with Gasteiger partial charge in [0.1, 0.15) is 17.2 Å². The number of anilines is 1. The molecule has 6 rings (SSSR count). The van der Waals surface area contributed by atoms with Gasteiger partial charge < -0.3 is 15.4 Å². The summed E-state index contributed by atoms with van der Waals surface area (Å²) in [7, 11) is 1.55. The van der Waals surface area contributed by atoms with Gasteiger partial charge in [-0.2, -0.15) is 5.10 Å². The molecule has 3 aromatic rings. The number of carboxylic acids is 1. The first-order valence-corrected chi connectivity index (χ1v) is 10.1. The Morgan fingerprint density at radius 3 is 2.73 bits per heavy atom. The molecule has 0 amide bonds. The summed E-state index contributed by atoms with van der Waals surface area (Å²) >= 11 is 0. The lowest BCUT2D eigenvalue weighted by molar-refractivity contribution is -0.148. The Labute approximate surface area is 171 Å². The van der Waals surface area contributed by atoms with Gasteiger partial charge in [0, 0.05) is 30.2 Å². The number of nitrogens with zero attached hydrogens (tertiary/aromatic N) is 3. The molecule has 8 nitrogen and oxygen atoms in total. The molecular formula is C21H22FN5O3. The van der Waals surface area contributed by atoms with Crippen LogP contribution in [0.3, 0.4) is 0 Å². The van der Waals surface area contributed by atoms with E-state index < -0.39 is 17.7 Å². The lowest BCUT2D eigenvalue weighted by atomic mass is 9.61. The number of aromatic nitrogens is 4. The van der Waals surface area contributed by atoms with Crippen LogP contribution in [0.5, 0.6) is 0 Å². The van der Waals surface area contributed by atoms with Gasteiger partial charge in [0.25, 0.3) is 5.56 Å². The number of carboxylic acid groups (broad SMARTS) is 1. The Kier molecular flexibility index (Phi) is 4.34. The molecule has 0 spiro atoms. The molecule has 3 N–H and O–H groups in total. The second-order valence-electron chi connectivity index (χ2n) is 8.33. The number of aliphatic carboxylic acids is 1. The maximum absolute atomic E-state index is 13.7. The zero-order valence-corrected chi connectivity index (χ0v) is 16.4. The summed E-state index contributed by atoms with van der Waals surface area (Å²) in [6.07, 6.45) is 6.60. The molecule has 2 atom stereocenters. The summed E-state index contributed by atoms with van der Waals surface area (Å²) in [4.78, 5) is 31.7. The highest BCUT2D eigenvalue weighted by molar-refractivity contribution is 5.92. The molecule has 3 heterocycles. The molecule has 0 aromatic carbocycles. The smallest absolute Gasteiger partial charge is 0.308 e. The van der Waals surface area contributed by atoms with Crippen molar-refractivity contribution in [3.05, 3.63) is 40.7 Å². The van der Waals surface area contributed by atoms with E-state index in [-0.39, 0.29) is 23.4 Å². The summed E-state index contributed by atoms with van der Waals surface area (Å²) in [6.45, 7) is 0. The minimum absolute atomic E-state index is 0.137. The number of fused-ring (bicyclic) bond motifs is 4. The first-order chi connectivity index (χ1) is 14.4. The fourth-order valence-corrected chi connectivity index (χ4v) is 5.23. The SMILES string of the molecule is Cn1nc(-c2c[nH]c3ncc(F)cc23)cc(NC2C3CCC(CC3)[C@@H]2C(=O)O)c1=O. The molecule has 3 aliphatic rings. The van der Waals surface area contributed by atoms with Crippen LogP contribution in [0.25, 0.3) is 22.3 Å². The zero-order valence-electron chi connectivity index (χ0n) is 16.4. The number of carbonyl (C=O) groups is 1. The van der Waals surface area contributed by atoms with Gasteiger partial charge in [-0.25, -0.2) is 14.1 Å². The highest BCUT2D eigenvalue weighted by Gasteiger charge is 2.47. The molecule has 1 unspecified atom stereocenters. The number of halogens is 1. The van der Waals surface area contributed by atoms with Crippen molar-refractivity contribution in [1.29, 1.82) is 0 Å². The second kappa shape index (κ2) is 6.93. The van der Waals surface area contributed by atoms with Crippen LogP contribution < -0.4 is 10.9 Å². The maximum Gasteiger partial charge on any atom is 0.308 e. The summed E-state index contributed by atoms with van der Waals surface area (Å²) in [5.41, 5.74) is 1.60. The van der Waals surface area contributed by atoms with E-state index in [1.54, 1.807) is 19.3 Å². The van der Waals surface area contributed by atoms with Crippen LogP contribution >= 0.6 is 0 Å². The van der Waals surface area contributed by atoms with E-state index in [0.717, 1.165) is 31.9 Å². The van der Waals surface area contributed by atoms with Gasteiger partial charge in [-0.05, 0) is 49.7 Å². The third kappa shape index (κ3) is 2.96. The number of aromatic amines is 1. The first kappa shape index (κ1) is 18.8. The van der Waals surface area contributed by atoms with Crippen LogP contribution in [0.15, 0.2) is 29.3 Å². The van der Waals surface area contributed by atoms with Gasteiger partial charge in [-0.3, -0.25) is 9.59 Å². The Bertz CT molecular complexity index is 1200. The average Bonchev–Trinajstić information content (AvgIpc) is 3.14. The Hall–Kier alpha value is -3.23. The predicted octanol–water partition coefficient (Wildman–Crippen LogP) is 2.76. The van der Waals surface area contributed by atoms with Crippen molar-refractivity contribution in [1.82, 2.24) is 19.7 Å². The van der Waals surface area contributed by atoms with Crippen molar-refractivity contribution in [2.45, 2.75) is 31.7 Å². The normalized spacial score (nSPS) is 25.5. The lowest BCUT2D eigenvalue weighted by Crippen LogP contribution is -2.52. The third-order valence-corrected chi connectivity index (χ3v) is 6.66. The van der Waals surface area contributed by atoms with E-state index in [9.17, 15) is 19.1 Å². The van der Waals surface area contributed by atoms with E-state index in [4.69, 9.17) is 0 Å². The Morgan fingerprint density at radius 2 is 2.00 bits per heavy atom. The summed E-state index contributed by atoms with van der Waals surface area (Å²) in [5.74, 6) is -1.42. The lowest BCUT2D eigenvalue weighted by Gasteiger charge is -2.47. The van der Waals surface area contributed by atoms with E-state index in [1.165, 1.54) is 10.7 Å². The van der Waals surface area contributed by atoms with Crippen LogP contribution in [0.1, 0.15) is 25.7 Å². The molecule has 3 fully saturated rings. The molecule has 9 heteroatoms. The molecule has 30 heavy (non-hydrogen) atoms. The van der Waals surface area contributed by atoms with Gasteiger partial charge in [0.2, 0.25) is 0 Å². The average molecular weight is 411 g/mol. The van der Waals surface area contributed by atoms with Crippen molar-refractivity contribution in [3.8, 4) is 11.3 Å². The molecule has 2 bridgehead atoms. The summed E-state index contributed by atoms with van der Waals surface area (Å²) < 4.78 is 14.9. The van der Waals surface area contributed by atoms with Crippen LogP contribution in [0, 0.1) is 23.6 Å². The van der Waals surface area contributed by atoms with Gasteiger partial charge in [0.05, 0.1) is 17.8 Å². The van der Waals surface area contributed by atoms with Crippen LogP contribution in [-0.4, -0.2) is 36.9 Å². The molecule has 3 saturated carbocycles. The standard InChI is InChI=1S/C21H22FN5O3/c1-27-20(28)16(25-18-11-4-2-10(3-5-11)17(18)21(29)30)7-15(26-27)14-9-24-19-13(14)6-12(22)8-23-19/h6-11,17-18,25H,2-5H2,1H3,(H,23,24)(H,29,30)/t10?,11?,17-,18?/m0/s1. The largest absolute Gasteiger partial charge is 0.481 e. The van der Waals surface area contributed by atoms with Crippen LogP contribution in [-0.2, 0) is 11.8 Å². The second-order valence-corrected chi connectivity index (χ2v) is 8.33. The quantitative estimate of drug-likeness (QED) is 0.609. The molecular weight excluding hydrogens is 389 g/mol. The molecule has 0 radical (unpaired) electrons.